The van der Waals surface area contributed by atoms with Crippen LogP contribution in [0.2, 0.25) is 0 Å². The summed E-state index contributed by atoms with van der Waals surface area (Å²) in [6.07, 6.45) is 85.8. The van der Waals surface area contributed by atoms with Gasteiger partial charge in [-0.25, -0.2) is 0 Å². The lowest BCUT2D eigenvalue weighted by molar-refractivity contribution is -0.167. The highest BCUT2D eigenvalue weighted by Crippen LogP contribution is 2.18. The van der Waals surface area contributed by atoms with Crippen LogP contribution in [0.3, 0.4) is 0 Å². The Balaban J connectivity index is 4.16. The fourth-order valence-electron chi connectivity index (χ4n) is 10.5. The van der Waals surface area contributed by atoms with Crippen molar-refractivity contribution in [3.05, 3.63) is 48.6 Å². The second-order valence-corrected chi connectivity index (χ2v) is 23.8. The minimum Gasteiger partial charge on any atom is -0.462 e. The number of ether oxygens (including phenoxy) is 3. The Bertz CT molecular complexity index is 1360. The van der Waals surface area contributed by atoms with Crippen LogP contribution in [-0.2, 0) is 28.6 Å². The van der Waals surface area contributed by atoms with Gasteiger partial charge in [0.15, 0.2) is 6.10 Å². The van der Waals surface area contributed by atoms with E-state index in [-0.39, 0.29) is 31.1 Å². The highest BCUT2D eigenvalue weighted by molar-refractivity contribution is 5.71. The molecule has 0 saturated carbocycles. The molecular formula is C73H134O6. The number of carbonyl (C=O) groups excluding carboxylic acids is 3. The largest absolute Gasteiger partial charge is 0.462 e. The van der Waals surface area contributed by atoms with Gasteiger partial charge in [-0.2, -0.15) is 0 Å². The molecule has 79 heavy (non-hydrogen) atoms. The molecule has 0 radical (unpaired) electrons. The van der Waals surface area contributed by atoms with Crippen LogP contribution in [0.25, 0.3) is 0 Å². The van der Waals surface area contributed by atoms with E-state index in [0.717, 1.165) is 83.5 Å². The first-order valence-corrected chi connectivity index (χ1v) is 35.1. The highest BCUT2D eigenvalue weighted by Gasteiger charge is 2.19. The van der Waals surface area contributed by atoms with Crippen molar-refractivity contribution in [3.63, 3.8) is 0 Å². The molecule has 0 aliphatic heterocycles. The molecule has 0 saturated heterocycles. The minimum atomic E-state index is -0.782. The fraction of sp³-hybridized carbons (Fsp3) is 0.849. The molecule has 0 bridgehead atoms. The maximum atomic E-state index is 12.9. The van der Waals surface area contributed by atoms with Crippen molar-refractivity contribution >= 4 is 17.9 Å². The molecule has 0 aromatic carbocycles. The van der Waals surface area contributed by atoms with Gasteiger partial charge in [-0.05, 0) is 96.3 Å². The predicted octanol–water partition coefficient (Wildman–Crippen LogP) is 24.1. The third-order valence-electron chi connectivity index (χ3n) is 15.8. The summed E-state index contributed by atoms with van der Waals surface area (Å²) in [5.41, 5.74) is 0. The average molecular weight is 1110 g/mol. The summed E-state index contributed by atoms with van der Waals surface area (Å²) in [7, 11) is 0. The zero-order chi connectivity index (χ0) is 57.1. The normalized spacial score (nSPS) is 12.3. The minimum absolute atomic E-state index is 0.0774. The molecule has 0 rings (SSSR count). The van der Waals surface area contributed by atoms with Crippen LogP contribution >= 0.6 is 0 Å². The third kappa shape index (κ3) is 66.1. The van der Waals surface area contributed by atoms with Crippen LogP contribution in [0.4, 0.5) is 0 Å². The molecule has 0 aliphatic rings. The molecule has 1 unspecified atom stereocenters. The standard InChI is InChI=1S/C73H134O6/c1-4-7-10-13-16-19-22-25-28-30-31-32-33-34-35-36-37-38-39-40-41-42-43-44-46-48-51-54-57-60-63-66-72(75)78-69-70(68-77-71(74)65-62-59-56-53-50-47-27-24-21-18-15-12-9-6-3)79-73(76)67-64-61-58-55-52-49-45-29-26-23-20-17-14-11-8-5-2/h15,18,24,27,29-31,45,70H,4-14,16-17,19-23,25-26,28,32-44,46-69H2,1-3H3/b18-15-,27-24-,31-30-,45-29-. The number of hydrogen-bond donors (Lipinski definition) is 0. The van der Waals surface area contributed by atoms with Gasteiger partial charge in [0.25, 0.3) is 0 Å². The summed E-state index contributed by atoms with van der Waals surface area (Å²) in [5, 5.41) is 0. The number of esters is 3. The van der Waals surface area contributed by atoms with Crippen LogP contribution in [0.1, 0.15) is 380 Å². The Morgan fingerprint density at radius 1 is 0.253 bits per heavy atom. The topological polar surface area (TPSA) is 78.9 Å². The fourth-order valence-corrected chi connectivity index (χ4v) is 10.5. The van der Waals surface area contributed by atoms with E-state index in [9.17, 15) is 14.4 Å². The van der Waals surface area contributed by atoms with Crippen molar-refractivity contribution in [1.82, 2.24) is 0 Å². The van der Waals surface area contributed by atoms with Gasteiger partial charge in [-0.3, -0.25) is 14.4 Å². The number of carbonyl (C=O) groups is 3. The zero-order valence-electron chi connectivity index (χ0n) is 53.2. The van der Waals surface area contributed by atoms with Crippen molar-refractivity contribution in [3.8, 4) is 0 Å². The maximum Gasteiger partial charge on any atom is 0.306 e. The van der Waals surface area contributed by atoms with Crippen molar-refractivity contribution in [2.75, 3.05) is 13.2 Å². The molecule has 0 amide bonds. The Labute approximate surface area is 492 Å². The van der Waals surface area contributed by atoms with E-state index in [1.165, 1.54) is 257 Å². The molecule has 0 aliphatic carbocycles. The van der Waals surface area contributed by atoms with Crippen LogP contribution in [-0.4, -0.2) is 37.2 Å². The molecule has 0 fully saturated rings. The van der Waals surface area contributed by atoms with Gasteiger partial charge >= 0.3 is 17.9 Å². The van der Waals surface area contributed by atoms with E-state index in [2.05, 4.69) is 69.4 Å². The second kappa shape index (κ2) is 67.9. The van der Waals surface area contributed by atoms with Gasteiger partial charge in [-0.15, -0.1) is 0 Å². The predicted molar refractivity (Wildman–Crippen MR) is 344 cm³/mol. The van der Waals surface area contributed by atoms with Crippen molar-refractivity contribution in [1.29, 1.82) is 0 Å². The van der Waals surface area contributed by atoms with E-state index in [0.29, 0.717) is 19.3 Å². The first-order valence-electron chi connectivity index (χ1n) is 35.1. The monoisotopic (exact) mass is 1110 g/mol. The van der Waals surface area contributed by atoms with E-state index in [1.807, 2.05) is 0 Å². The van der Waals surface area contributed by atoms with Gasteiger partial charge < -0.3 is 14.2 Å². The Hall–Kier alpha value is -2.63. The van der Waals surface area contributed by atoms with Crippen LogP contribution in [0, 0.1) is 0 Å². The molecular weight excluding hydrogens is 973 g/mol. The Morgan fingerprint density at radius 2 is 0.468 bits per heavy atom. The summed E-state index contributed by atoms with van der Waals surface area (Å²) in [4.78, 5) is 38.3. The third-order valence-corrected chi connectivity index (χ3v) is 15.8. The summed E-state index contributed by atoms with van der Waals surface area (Å²) < 4.78 is 16.9. The molecule has 6 nitrogen and oxygen atoms in total. The first kappa shape index (κ1) is 76.4. The average Bonchev–Trinajstić information content (AvgIpc) is 3.45. The number of rotatable bonds is 65. The lowest BCUT2D eigenvalue weighted by Gasteiger charge is -2.18. The summed E-state index contributed by atoms with van der Waals surface area (Å²) in [5.74, 6) is -0.878. The van der Waals surface area contributed by atoms with E-state index in [1.54, 1.807) is 0 Å². The van der Waals surface area contributed by atoms with Crippen LogP contribution < -0.4 is 0 Å². The highest BCUT2D eigenvalue weighted by atomic mass is 16.6. The first-order chi connectivity index (χ1) is 39.0. The van der Waals surface area contributed by atoms with Gasteiger partial charge in [0, 0.05) is 19.3 Å². The smallest absolute Gasteiger partial charge is 0.306 e. The van der Waals surface area contributed by atoms with Gasteiger partial charge in [-0.1, -0.05) is 313 Å². The maximum absolute atomic E-state index is 12.9. The van der Waals surface area contributed by atoms with E-state index in [4.69, 9.17) is 14.2 Å². The zero-order valence-corrected chi connectivity index (χ0v) is 53.2. The van der Waals surface area contributed by atoms with E-state index < -0.39 is 6.10 Å². The number of allylic oxidation sites excluding steroid dienone is 8. The number of unbranched alkanes of at least 4 members (excludes halogenated alkanes) is 46. The summed E-state index contributed by atoms with van der Waals surface area (Å²) in [6, 6.07) is 0. The van der Waals surface area contributed by atoms with Gasteiger partial charge in [0.2, 0.25) is 0 Å². The Kier molecular flexibility index (Phi) is 65.6. The SMILES string of the molecule is CCCC/C=C\C/C=C\CCCCCCCC(=O)OCC(COC(=O)CCCCCCCCCCCCCCCCCCCCC/C=C\CCCCCCCCCC)OC(=O)CCCCCCC/C=C\CCCCCCCCC. The molecule has 6 heteroatoms. The molecule has 0 N–H and O–H groups in total. The lowest BCUT2D eigenvalue weighted by atomic mass is 10.0. The van der Waals surface area contributed by atoms with E-state index >= 15 is 0 Å². The van der Waals surface area contributed by atoms with Gasteiger partial charge in [0.1, 0.15) is 13.2 Å². The number of hydrogen-bond acceptors (Lipinski definition) is 6. The molecule has 0 aromatic heterocycles. The second-order valence-electron chi connectivity index (χ2n) is 23.8. The molecule has 0 aromatic rings. The quantitative estimate of drug-likeness (QED) is 0.0261. The molecule has 1 atom stereocenters. The molecule has 462 valence electrons. The summed E-state index contributed by atoms with van der Waals surface area (Å²) in [6.45, 7) is 6.63. The molecule has 0 heterocycles. The molecule has 0 spiro atoms. The summed E-state index contributed by atoms with van der Waals surface area (Å²) >= 11 is 0. The van der Waals surface area contributed by atoms with Crippen molar-refractivity contribution in [2.24, 2.45) is 0 Å². The van der Waals surface area contributed by atoms with Crippen LogP contribution in [0.5, 0.6) is 0 Å². The van der Waals surface area contributed by atoms with Crippen molar-refractivity contribution in [2.45, 2.75) is 386 Å². The lowest BCUT2D eigenvalue weighted by Crippen LogP contribution is -2.30. The van der Waals surface area contributed by atoms with Crippen molar-refractivity contribution < 1.29 is 28.6 Å². The Morgan fingerprint density at radius 3 is 0.747 bits per heavy atom. The van der Waals surface area contributed by atoms with Gasteiger partial charge in [0.05, 0.1) is 0 Å². The van der Waals surface area contributed by atoms with Crippen LogP contribution in [0.15, 0.2) is 48.6 Å².